The Morgan fingerprint density at radius 1 is 0.733 bits per heavy atom. The average molecular weight is 237 g/mol. The van der Waals surface area contributed by atoms with Gasteiger partial charge in [-0.25, -0.2) is 0 Å². The van der Waals surface area contributed by atoms with E-state index >= 15 is 0 Å². The molecule has 0 N–H and O–H groups in total. The number of hydrogen-bond donors (Lipinski definition) is 1. The van der Waals surface area contributed by atoms with Crippen molar-refractivity contribution < 1.29 is 0 Å². The molecule has 15 heavy (non-hydrogen) atoms. The van der Waals surface area contributed by atoms with Crippen molar-refractivity contribution in [3.63, 3.8) is 0 Å². The maximum atomic E-state index is 6.07. The summed E-state index contributed by atoms with van der Waals surface area (Å²) in [5, 5.41) is 0.684. The van der Waals surface area contributed by atoms with Crippen molar-refractivity contribution in [2.24, 2.45) is 0 Å². The second-order valence-electron chi connectivity index (χ2n) is 3.22. The molecule has 0 saturated heterocycles. The quantitative estimate of drug-likeness (QED) is 0.596. The summed E-state index contributed by atoms with van der Waals surface area (Å²) in [4.78, 5) is 2.68. The molecule has 0 nitrogen and oxygen atoms in total. The van der Waals surface area contributed by atoms with Gasteiger partial charge in [-0.1, -0.05) is 36.4 Å². The first-order valence-electron chi connectivity index (χ1n) is 4.85. The van der Waals surface area contributed by atoms with Crippen molar-refractivity contribution in [3.8, 4) is 0 Å². The number of rotatable bonds is 3. The molecule has 0 aliphatic heterocycles. The topological polar surface area (TPSA) is 0 Å². The third kappa shape index (κ3) is 2.55. The average Bonchev–Trinajstić information content (AvgIpc) is 2.33. The van der Waals surface area contributed by atoms with E-state index in [0.29, 0.717) is 5.21 Å². The van der Waals surface area contributed by atoms with E-state index in [4.69, 9.17) is 11.6 Å². The molecule has 0 saturated carbocycles. The first kappa shape index (κ1) is 10.6. The highest BCUT2D eigenvalue weighted by Gasteiger charge is 2.06. The zero-order chi connectivity index (χ0) is 10.5. The summed E-state index contributed by atoms with van der Waals surface area (Å²) < 4.78 is 0. The lowest BCUT2D eigenvalue weighted by atomic mass is 10.4. The second-order valence-corrected chi connectivity index (χ2v) is 6.06. The molecule has 0 atom stereocenters. The number of thiol groups is 1. The van der Waals surface area contributed by atoms with E-state index in [9.17, 15) is 0 Å². The van der Waals surface area contributed by atoms with Crippen molar-refractivity contribution >= 4 is 22.5 Å². The molecule has 2 rings (SSSR count). The van der Waals surface area contributed by atoms with Gasteiger partial charge in [0.05, 0.1) is 5.21 Å². The highest BCUT2D eigenvalue weighted by molar-refractivity contribution is 8.18. The van der Waals surface area contributed by atoms with Gasteiger partial charge in [0.25, 0.3) is 0 Å². The zero-order valence-corrected chi connectivity index (χ0v) is 9.96. The molecule has 0 radical (unpaired) electrons. The Kier molecular flexibility index (Phi) is 3.70. The summed E-state index contributed by atoms with van der Waals surface area (Å²) in [6, 6.07) is 21.0. The number of halogens is 1. The molecular weight excluding hydrogens is 224 g/mol. The largest absolute Gasteiger partial charge is 0.186 e. The minimum atomic E-state index is -0.383. The molecule has 0 heterocycles. The Bertz CT molecular complexity index is 360. The molecule has 78 valence electrons. The first-order valence-corrected chi connectivity index (χ1v) is 6.91. The van der Waals surface area contributed by atoms with Gasteiger partial charge in [-0.2, -0.15) is 10.9 Å². The van der Waals surface area contributed by atoms with Crippen molar-refractivity contribution in [2.75, 3.05) is 5.21 Å². The van der Waals surface area contributed by atoms with Gasteiger partial charge in [0.2, 0.25) is 0 Å². The summed E-state index contributed by atoms with van der Waals surface area (Å²) in [7, 11) is -0.383. The lowest BCUT2D eigenvalue weighted by Crippen LogP contribution is -1.85. The Labute approximate surface area is 98.2 Å². The predicted octanol–water partition coefficient (Wildman–Crippen LogP) is 4.30. The van der Waals surface area contributed by atoms with E-state index in [1.54, 1.807) is 0 Å². The van der Waals surface area contributed by atoms with Crippen molar-refractivity contribution in [1.82, 2.24) is 0 Å². The number of hydrogen-bond acceptors (Lipinski definition) is 0. The third-order valence-electron chi connectivity index (χ3n) is 2.26. The Balaban J connectivity index is 2.34. The minimum absolute atomic E-state index is 0.383. The maximum Gasteiger partial charge on any atom is 0.0577 e. The van der Waals surface area contributed by atoms with Crippen LogP contribution in [0.1, 0.15) is 0 Å². The molecule has 0 unspecified atom stereocenters. The van der Waals surface area contributed by atoms with Crippen LogP contribution < -0.4 is 0 Å². The summed E-state index contributed by atoms with van der Waals surface area (Å²) in [6.45, 7) is 0. The fourth-order valence-electron chi connectivity index (χ4n) is 1.50. The van der Waals surface area contributed by atoms with Crippen molar-refractivity contribution in [3.05, 3.63) is 60.7 Å². The predicted molar refractivity (Wildman–Crippen MR) is 69.1 cm³/mol. The minimum Gasteiger partial charge on any atom is -0.186 e. The van der Waals surface area contributed by atoms with Gasteiger partial charge in [-0.05, 0) is 34.1 Å². The van der Waals surface area contributed by atoms with Crippen LogP contribution in [-0.4, -0.2) is 5.21 Å². The highest BCUT2D eigenvalue weighted by atomic mass is 35.5. The van der Waals surface area contributed by atoms with Crippen LogP contribution in [0.25, 0.3) is 0 Å². The van der Waals surface area contributed by atoms with E-state index < -0.39 is 0 Å². The summed E-state index contributed by atoms with van der Waals surface area (Å²) >= 11 is 6.07. The molecule has 0 aliphatic carbocycles. The molecular formula is C13H13ClS. The highest BCUT2D eigenvalue weighted by Crippen LogP contribution is 2.44. The molecule has 2 aromatic carbocycles. The summed E-state index contributed by atoms with van der Waals surface area (Å²) in [6.07, 6.45) is 0. The second kappa shape index (κ2) is 5.24. The van der Waals surface area contributed by atoms with E-state index in [0.717, 1.165) is 0 Å². The van der Waals surface area contributed by atoms with E-state index in [1.807, 2.05) is 12.1 Å². The van der Waals surface area contributed by atoms with Gasteiger partial charge in [0, 0.05) is 0 Å². The molecule has 0 amide bonds. The molecule has 2 heteroatoms. The van der Waals surface area contributed by atoms with Crippen LogP contribution in [0.15, 0.2) is 70.5 Å². The Morgan fingerprint density at radius 3 is 1.47 bits per heavy atom. The molecule has 0 aromatic heterocycles. The van der Waals surface area contributed by atoms with Gasteiger partial charge in [0.1, 0.15) is 0 Å². The molecule has 2 aromatic rings. The van der Waals surface area contributed by atoms with Gasteiger partial charge < -0.3 is 0 Å². The smallest absolute Gasteiger partial charge is 0.0577 e. The van der Waals surface area contributed by atoms with Crippen LogP contribution >= 0.6 is 22.5 Å². The van der Waals surface area contributed by atoms with Crippen LogP contribution in [0.3, 0.4) is 0 Å². The molecule has 0 fully saturated rings. The van der Waals surface area contributed by atoms with E-state index in [-0.39, 0.29) is 10.9 Å². The van der Waals surface area contributed by atoms with Crippen molar-refractivity contribution in [2.45, 2.75) is 9.79 Å². The molecule has 0 aliphatic rings. The monoisotopic (exact) mass is 236 g/mol. The first-order chi connectivity index (χ1) is 7.42. The molecule has 0 bridgehead atoms. The van der Waals surface area contributed by atoms with Crippen LogP contribution in [0, 0.1) is 0 Å². The van der Waals surface area contributed by atoms with Gasteiger partial charge in [-0.15, -0.1) is 11.6 Å². The number of benzene rings is 2. The van der Waals surface area contributed by atoms with Crippen LogP contribution in [0.4, 0.5) is 0 Å². The van der Waals surface area contributed by atoms with Crippen LogP contribution in [-0.2, 0) is 0 Å². The fraction of sp³-hybridized carbons (Fsp3) is 0.0769. The standard InChI is InChI=1S/C13H13ClS/c14-11-15(12-7-3-1-4-8-12)13-9-5-2-6-10-13/h1-10,15H,11H2. The lowest BCUT2D eigenvalue weighted by molar-refractivity contribution is 1.38. The zero-order valence-electron chi connectivity index (χ0n) is 8.31. The SMILES string of the molecule is ClC[SH](c1ccccc1)c1ccccc1. The van der Waals surface area contributed by atoms with E-state index in [2.05, 4.69) is 48.5 Å². The number of alkyl halides is 1. The van der Waals surface area contributed by atoms with Gasteiger partial charge in [0.15, 0.2) is 0 Å². The van der Waals surface area contributed by atoms with E-state index in [1.165, 1.54) is 9.79 Å². The van der Waals surface area contributed by atoms with Gasteiger partial charge >= 0.3 is 0 Å². The van der Waals surface area contributed by atoms with Gasteiger partial charge in [-0.3, -0.25) is 0 Å². The Hall–Kier alpha value is -0.920. The van der Waals surface area contributed by atoms with Crippen molar-refractivity contribution in [1.29, 1.82) is 0 Å². The Morgan fingerprint density at radius 2 is 1.13 bits per heavy atom. The third-order valence-corrected chi connectivity index (χ3v) is 5.05. The fourth-order valence-corrected chi connectivity index (χ4v) is 3.97. The maximum absolute atomic E-state index is 6.07. The summed E-state index contributed by atoms with van der Waals surface area (Å²) in [5.41, 5.74) is 0. The normalized spacial score (nSPS) is 11.1. The molecule has 0 spiro atoms. The summed E-state index contributed by atoms with van der Waals surface area (Å²) in [5.74, 6) is 0. The lowest BCUT2D eigenvalue weighted by Gasteiger charge is -2.19. The van der Waals surface area contributed by atoms with Crippen LogP contribution in [0.5, 0.6) is 0 Å². The van der Waals surface area contributed by atoms with Crippen LogP contribution in [0.2, 0.25) is 0 Å².